The van der Waals surface area contributed by atoms with E-state index >= 15 is 0 Å². The first-order valence-electron chi connectivity index (χ1n) is 14.0. The van der Waals surface area contributed by atoms with Crippen LogP contribution in [0.5, 0.6) is 11.5 Å². The molecule has 1 saturated carbocycles. The maximum absolute atomic E-state index is 14.1. The van der Waals surface area contributed by atoms with E-state index in [2.05, 4.69) is 5.32 Å². The van der Waals surface area contributed by atoms with Gasteiger partial charge in [-0.2, -0.15) is 0 Å². The van der Waals surface area contributed by atoms with E-state index in [0.717, 1.165) is 0 Å². The van der Waals surface area contributed by atoms with Gasteiger partial charge in [-0.1, -0.05) is 11.6 Å². The monoisotopic (exact) mass is 640 g/mol. The zero-order valence-corrected chi connectivity index (χ0v) is 25.7. The van der Waals surface area contributed by atoms with Gasteiger partial charge in [0, 0.05) is 48.4 Å². The number of phenols is 1. The molecule has 0 unspecified atom stereocenters. The Morgan fingerprint density at radius 2 is 1.76 bits per heavy atom. The van der Waals surface area contributed by atoms with Gasteiger partial charge < -0.3 is 41.1 Å². The topological polar surface area (TPSA) is 203 Å². The zero-order valence-electron chi connectivity index (χ0n) is 24.9. The number of carbonyl (C=O) groups is 4. The molecule has 0 spiro atoms. The quantitative estimate of drug-likeness (QED) is 0.252. The number of aliphatic hydroxyl groups excluding tert-OH is 2. The number of nitrogens with zero attached hydrogens (tertiary/aromatic N) is 2. The number of carbonyl (C=O) groups excluding carboxylic acids is 4. The lowest BCUT2D eigenvalue weighted by atomic mass is 9.57. The number of hydrogen-bond donors (Lipinski definition) is 6. The molecule has 0 aliphatic heterocycles. The molecule has 0 saturated heterocycles. The first kappa shape index (κ1) is 31.8. The number of aliphatic hydroxyl groups is 3. The minimum absolute atomic E-state index is 0.0285. The number of nitrogens with two attached hydrogens (primary N) is 1. The third-order valence-electron chi connectivity index (χ3n) is 8.71. The first-order chi connectivity index (χ1) is 21.1. The number of nitrogens with one attached hydrogen (secondary N) is 1. The van der Waals surface area contributed by atoms with E-state index < -0.39 is 69.9 Å². The van der Waals surface area contributed by atoms with Crippen LogP contribution in [0.2, 0.25) is 5.02 Å². The minimum atomic E-state index is -2.74. The molecule has 4 atom stereocenters. The smallest absolute Gasteiger partial charge is 0.412 e. The lowest BCUT2D eigenvalue weighted by molar-refractivity contribution is -0.153. The molecule has 0 aromatic heterocycles. The van der Waals surface area contributed by atoms with Gasteiger partial charge in [-0.25, -0.2) is 4.79 Å². The Balaban J connectivity index is 1.57. The largest absolute Gasteiger partial charge is 0.508 e. The van der Waals surface area contributed by atoms with E-state index in [4.69, 9.17) is 22.1 Å². The molecule has 2 amide bonds. The molecule has 0 radical (unpaired) electrons. The zero-order chi connectivity index (χ0) is 33.1. The summed E-state index contributed by atoms with van der Waals surface area (Å²) in [4.78, 5) is 55.2. The van der Waals surface area contributed by atoms with E-state index in [9.17, 15) is 39.6 Å². The number of rotatable bonds is 6. The van der Waals surface area contributed by atoms with Crippen LogP contribution < -0.4 is 20.7 Å². The van der Waals surface area contributed by atoms with Crippen LogP contribution in [0.1, 0.15) is 23.1 Å². The van der Waals surface area contributed by atoms with Gasteiger partial charge in [0.05, 0.1) is 11.6 Å². The predicted octanol–water partition coefficient (Wildman–Crippen LogP) is 1.97. The second-order valence-corrected chi connectivity index (χ2v) is 12.2. The summed E-state index contributed by atoms with van der Waals surface area (Å²) >= 11 is 5.87. The number of likely N-dealkylation sites (N-methyl/N-ethyl adjacent to an activating group) is 1. The van der Waals surface area contributed by atoms with Crippen LogP contribution >= 0.6 is 11.6 Å². The van der Waals surface area contributed by atoms with Crippen molar-refractivity contribution >= 4 is 46.6 Å². The van der Waals surface area contributed by atoms with Gasteiger partial charge >= 0.3 is 6.09 Å². The number of hydrogen-bond acceptors (Lipinski definition) is 11. The lowest BCUT2D eigenvalue weighted by Gasteiger charge is -2.50. The molecule has 14 heteroatoms. The van der Waals surface area contributed by atoms with Crippen molar-refractivity contribution in [3.05, 3.63) is 69.0 Å². The van der Waals surface area contributed by atoms with Crippen molar-refractivity contribution in [1.82, 2.24) is 10.2 Å². The van der Waals surface area contributed by atoms with Gasteiger partial charge in [-0.3, -0.25) is 19.3 Å². The number of aromatic hydroxyl groups is 1. The highest BCUT2D eigenvalue weighted by atomic mass is 35.5. The van der Waals surface area contributed by atoms with Crippen LogP contribution in [0.25, 0.3) is 5.76 Å². The fourth-order valence-electron chi connectivity index (χ4n) is 6.69. The Labute approximate surface area is 263 Å². The van der Waals surface area contributed by atoms with Crippen molar-refractivity contribution in [2.75, 3.05) is 33.1 Å². The summed E-state index contributed by atoms with van der Waals surface area (Å²) in [6.45, 7) is -0.226. The van der Waals surface area contributed by atoms with Crippen molar-refractivity contribution in [2.45, 2.75) is 31.0 Å². The molecule has 5 rings (SSSR count). The maximum Gasteiger partial charge on any atom is 0.412 e. The number of fused-ring (bicyclic) bond motifs is 3. The summed E-state index contributed by atoms with van der Waals surface area (Å²) in [7, 11) is 6.57. The minimum Gasteiger partial charge on any atom is -0.508 e. The van der Waals surface area contributed by atoms with Crippen LogP contribution in [0, 0.1) is 11.8 Å². The highest BCUT2D eigenvalue weighted by molar-refractivity contribution is 6.30. The number of Topliss-reactive ketones (excluding diaryl/α,β-unsaturated/α-hetero) is 2. The van der Waals surface area contributed by atoms with Gasteiger partial charge in [0.25, 0.3) is 5.91 Å². The molecule has 2 aromatic rings. The number of phenolic OH excluding ortho intramolecular Hbond substituents is 1. The molecule has 3 aliphatic carbocycles. The Kier molecular flexibility index (Phi) is 8.06. The average molecular weight is 641 g/mol. The van der Waals surface area contributed by atoms with E-state index in [0.29, 0.717) is 16.3 Å². The number of benzene rings is 2. The highest BCUT2D eigenvalue weighted by Gasteiger charge is 2.64. The molecule has 0 heterocycles. The van der Waals surface area contributed by atoms with Crippen LogP contribution in [-0.2, 0) is 27.3 Å². The van der Waals surface area contributed by atoms with E-state index in [-0.39, 0.29) is 41.8 Å². The molecular weight excluding hydrogens is 608 g/mol. The Bertz CT molecular complexity index is 1700. The Morgan fingerprint density at radius 1 is 1.11 bits per heavy atom. The number of anilines is 1. The molecule has 1 fully saturated rings. The maximum atomic E-state index is 14.1. The van der Waals surface area contributed by atoms with Crippen molar-refractivity contribution in [3.8, 4) is 11.5 Å². The van der Waals surface area contributed by atoms with Crippen molar-refractivity contribution in [1.29, 1.82) is 0 Å². The SMILES string of the molecule is CN(C)c1cc(CNC(=O)Oc2ccc(Cl)cc2)c(O)c2c1C[C@@H]1C[C@@H]3[C@@H](N(C)C)C(=O)C(C(N)=O)=C(O)[C@]3(O)C(=O)C1=C2O. The highest BCUT2D eigenvalue weighted by Crippen LogP contribution is 2.54. The van der Waals surface area contributed by atoms with E-state index in [1.54, 1.807) is 37.2 Å². The molecule has 45 heavy (non-hydrogen) atoms. The standard InChI is InChI=1S/C31H33ClN4O9/c1-35(2)19-11-14(12-34-30(43)45-16-7-5-15(32)6-8-16)24(37)21-17(19)9-13-10-18-23(36(3)4)26(39)22(29(33)42)28(41)31(18,44)27(40)20(13)25(21)38/h5-8,11,13,18,23,37-38,41,44H,9-10,12H2,1-4H3,(H2,33,42)(H,34,43)/t13-,18-,23-,31-/m1/s1. The summed E-state index contributed by atoms with van der Waals surface area (Å²) in [5, 5.41) is 48.8. The molecule has 0 bridgehead atoms. The van der Waals surface area contributed by atoms with Crippen molar-refractivity contribution in [2.24, 2.45) is 17.6 Å². The van der Waals surface area contributed by atoms with Crippen molar-refractivity contribution < 1.29 is 44.3 Å². The third-order valence-corrected chi connectivity index (χ3v) is 8.96. The van der Waals surface area contributed by atoms with Crippen LogP contribution in [0.15, 0.2) is 47.2 Å². The van der Waals surface area contributed by atoms with Crippen LogP contribution in [-0.4, -0.2) is 88.7 Å². The van der Waals surface area contributed by atoms with E-state index in [1.807, 2.05) is 0 Å². The van der Waals surface area contributed by atoms with Crippen LogP contribution in [0.4, 0.5) is 10.5 Å². The fraction of sp³-hybridized carbons (Fsp3) is 0.355. The van der Waals surface area contributed by atoms with E-state index in [1.165, 1.54) is 31.1 Å². The number of primary amides is 1. The molecule has 13 nitrogen and oxygen atoms in total. The molecule has 3 aliphatic rings. The summed E-state index contributed by atoms with van der Waals surface area (Å²) < 4.78 is 5.24. The summed E-state index contributed by atoms with van der Waals surface area (Å²) in [5.74, 6) is -7.10. The summed E-state index contributed by atoms with van der Waals surface area (Å²) in [6, 6.07) is 6.57. The summed E-state index contributed by atoms with van der Waals surface area (Å²) in [5.41, 5.74) is 2.66. The fourth-order valence-corrected chi connectivity index (χ4v) is 6.82. The van der Waals surface area contributed by atoms with Gasteiger partial charge in [-0.05, 0) is 68.8 Å². The normalized spacial score (nSPS) is 24.2. The second kappa shape index (κ2) is 11.4. The Morgan fingerprint density at radius 3 is 2.33 bits per heavy atom. The van der Waals surface area contributed by atoms with Crippen molar-refractivity contribution in [3.63, 3.8) is 0 Å². The summed E-state index contributed by atoms with van der Waals surface area (Å²) in [6.07, 6.45) is -0.727. The number of ether oxygens (including phenoxy) is 1. The molecule has 7 N–H and O–H groups in total. The third kappa shape index (κ3) is 5.06. The van der Waals surface area contributed by atoms with Gasteiger partial charge in [0.2, 0.25) is 5.78 Å². The Hall–Kier alpha value is -4.59. The van der Waals surface area contributed by atoms with Gasteiger partial charge in [-0.15, -0.1) is 0 Å². The average Bonchev–Trinajstić information content (AvgIpc) is 2.95. The number of halogens is 1. The number of ketones is 2. The first-order valence-corrected chi connectivity index (χ1v) is 14.4. The number of amides is 2. The predicted molar refractivity (Wildman–Crippen MR) is 163 cm³/mol. The second-order valence-electron chi connectivity index (χ2n) is 11.8. The van der Waals surface area contributed by atoms with Gasteiger partial charge in [0.1, 0.15) is 28.6 Å². The van der Waals surface area contributed by atoms with Gasteiger partial charge in [0.15, 0.2) is 11.4 Å². The molecule has 2 aromatic carbocycles. The molecule has 238 valence electrons. The van der Waals surface area contributed by atoms with Crippen LogP contribution in [0.3, 0.4) is 0 Å². The molecular formula is C31H33ClN4O9. The lowest BCUT2D eigenvalue weighted by Crippen LogP contribution is -2.65.